The number of pyridine rings is 1. The van der Waals surface area contributed by atoms with Crippen LogP contribution in [0.3, 0.4) is 0 Å². The highest BCUT2D eigenvalue weighted by Gasteiger charge is 2.18. The zero-order valence-corrected chi connectivity index (χ0v) is 13.2. The second kappa shape index (κ2) is 5.45. The first-order valence-electron chi connectivity index (χ1n) is 7.85. The molecule has 2 aromatic heterocycles. The summed E-state index contributed by atoms with van der Waals surface area (Å²) in [5.74, 6) is 0. The Morgan fingerprint density at radius 1 is 1.04 bits per heavy atom. The van der Waals surface area contributed by atoms with Gasteiger partial charge in [0.1, 0.15) is 5.39 Å². The van der Waals surface area contributed by atoms with Crippen molar-refractivity contribution in [2.24, 2.45) is 0 Å². The van der Waals surface area contributed by atoms with Crippen LogP contribution in [0.4, 0.5) is 0 Å². The molecule has 4 rings (SSSR count). The van der Waals surface area contributed by atoms with E-state index in [2.05, 4.69) is 22.1 Å². The third-order valence-corrected chi connectivity index (χ3v) is 4.32. The largest absolute Gasteiger partial charge is 0.415 e. The number of rotatable bonds is 2. The second-order valence-electron chi connectivity index (χ2n) is 5.68. The van der Waals surface area contributed by atoms with Gasteiger partial charge in [-0.1, -0.05) is 36.4 Å². The summed E-state index contributed by atoms with van der Waals surface area (Å²) in [6.45, 7) is 2.35. The van der Waals surface area contributed by atoms with Gasteiger partial charge in [-0.25, -0.2) is 9.78 Å². The topological polar surface area (TPSA) is 69.0 Å². The number of H-pyrrole nitrogens is 2. The van der Waals surface area contributed by atoms with Gasteiger partial charge in [0.15, 0.2) is 0 Å². The maximum absolute atomic E-state index is 12.4. The lowest BCUT2D eigenvalue weighted by Gasteiger charge is -2.07. The van der Waals surface area contributed by atoms with Crippen molar-refractivity contribution in [1.29, 1.82) is 0 Å². The number of aryl methyl sites for hydroxylation is 1. The summed E-state index contributed by atoms with van der Waals surface area (Å²) in [4.78, 5) is 29.9. The Kier molecular flexibility index (Phi) is 3.27. The fourth-order valence-corrected chi connectivity index (χ4v) is 3.16. The highest BCUT2D eigenvalue weighted by atomic mass is 16.2. The predicted molar refractivity (Wildman–Crippen MR) is 94.0 cm³/mol. The van der Waals surface area contributed by atoms with Gasteiger partial charge in [-0.3, -0.25) is 9.78 Å². The molecule has 0 aliphatic rings. The molecule has 2 N–H and O–H groups in total. The third-order valence-electron chi connectivity index (χ3n) is 4.32. The molecule has 2 aromatic carbocycles. The molecular weight excluding hydrogens is 302 g/mol. The second-order valence-corrected chi connectivity index (χ2v) is 5.68. The molecule has 2 heterocycles. The number of nitrogens with one attached hydrogen (secondary N) is 2. The van der Waals surface area contributed by atoms with E-state index in [1.807, 2.05) is 43.3 Å². The zero-order chi connectivity index (χ0) is 16.7. The number of nitrogens with zero attached hydrogens (tertiary/aromatic N) is 1. The summed E-state index contributed by atoms with van der Waals surface area (Å²) < 4.78 is 1.53. The molecule has 0 spiro atoms. The molecule has 0 unspecified atom stereocenters. The van der Waals surface area contributed by atoms with E-state index < -0.39 is 5.69 Å². The van der Waals surface area contributed by atoms with E-state index in [0.29, 0.717) is 17.6 Å². The lowest BCUT2D eigenvalue weighted by Crippen LogP contribution is -2.33. The molecule has 24 heavy (non-hydrogen) atoms. The molecule has 4 aromatic rings. The van der Waals surface area contributed by atoms with Crippen LogP contribution in [0.15, 0.2) is 64.3 Å². The van der Waals surface area contributed by atoms with E-state index in [9.17, 15) is 9.59 Å². The van der Waals surface area contributed by atoms with Gasteiger partial charge in [0.2, 0.25) is 0 Å². The van der Waals surface area contributed by atoms with E-state index in [4.69, 9.17) is 0 Å². The Labute approximate surface area is 137 Å². The van der Waals surface area contributed by atoms with Gasteiger partial charge in [-0.05, 0) is 35.4 Å². The third kappa shape index (κ3) is 2.13. The Balaban J connectivity index is 2.09. The molecule has 0 amide bonds. The van der Waals surface area contributed by atoms with E-state index in [-0.39, 0.29) is 5.56 Å². The Bertz CT molecular complexity index is 1190. The average Bonchev–Trinajstić information content (AvgIpc) is 2.61. The first-order chi connectivity index (χ1) is 11.7. The summed E-state index contributed by atoms with van der Waals surface area (Å²) in [5, 5.41) is 2.75. The van der Waals surface area contributed by atoms with Crippen LogP contribution < -0.4 is 16.2 Å². The van der Waals surface area contributed by atoms with Crippen LogP contribution in [0.1, 0.15) is 6.92 Å². The highest BCUT2D eigenvalue weighted by Crippen LogP contribution is 2.27. The monoisotopic (exact) mass is 318 g/mol. The van der Waals surface area contributed by atoms with Gasteiger partial charge < -0.3 is 0 Å². The summed E-state index contributed by atoms with van der Waals surface area (Å²) in [6, 6.07) is 16.1. The number of fused-ring (bicyclic) bond motifs is 2. The van der Waals surface area contributed by atoms with Crippen molar-refractivity contribution in [1.82, 2.24) is 9.55 Å². The average molecular weight is 318 g/mol. The van der Waals surface area contributed by atoms with Gasteiger partial charge >= 0.3 is 5.69 Å². The van der Waals surface area contributed by atoms with Crippen molar-refractivity contribution in [3.63, 3.8) is 0 Å². The van der Waals surface area contributed by atoms with Crippen molar-refractivity contribution < 1.29 is 4.98 Å². The standard InChI is InChI=1S/C19H15N3O2/c1-2-22-17-16(18(23)21-19(22)24)15(9-10-20-17)14-8-7-12-5-3-4-6-13(12)11-14/h3-11H,2H2,1H3,(H,21,23,24)/p+1. The molecule has 5 heteroatoms. The highest BCUT2D eigenvalue weighted by molar-refractivity contribution is 5.94. The molecule has 5 nitrogen and oxygen atoms in total. The lowest BCUT2D eigenvalue weighted by atomic mass is 10.00. The normalized spacial score (nSPS) is 11.2. The van der Waals surface area contributed by atoms with Crippen LogP contribution in [0.5, 0.6) is 0 Å². The van der Waals surface area contributed by atoms with Crippen LogP contribution in [-0.4, -0.2) is 9.55 Å². The van der Waals surface area contributed by atoms with E-state index in [1.54, 1.807) is 6.20 Å². The Morgan fingerprint density at radius 2 is 1.83 bits per heavy atom. The quantitative estimate of drug-likeness (QED) is 0.616. The molecule has 0 bridgehead atoms. The number of hydrogen-bond acceptors (Lipinski definition) is 2. The van der Waals surface area contributed by atoms with Crippen LogP contribution in [-0.2, 0) is 6.54 Å². The summed E-state index contributed by atoms with van der Waals surface area (Å²) >= 11 is 0. The number of hydrogen-bond donors (Lipinski definition) is 1. The smallest absolute Gasteiger partial charge is 0.268 e. The molecular formula is C19H16N3O2+. The first kappa shape index (κ1) is 14.4. The van der Waals surface area contributed by atoms with Crippen molar-refractivity contribution in [2.45, 2.75) is 13.5 Å². The molecule has 0 aliphatic carbocycles. The van der Waals surface area contributed by atoms with Crippen LogP contribution in [0.25, 0.3) is 32.9 Å². The minimum Gasteiger partial charge on any atom is -0.268 e. The molecule has 0 aliphatic heterocycles. The number of aromatic amines is 2. The van der Waals surface area contributed by atoms with Crippen molar-refractivity contribution in [3.8, 4) is 11.1 Å². The summed E-state index contributed by atoms with van der Waals surface area (Å²) in [7, 11) is 0. The molecule has 0 radical (unpaired) electrons. The van der Waals surface area contributed by atoms with Crippen molar-refractivity contribution >= 4 is 21.8 Å². The molecule has 0 saturated carbocycles. The van der Waals surface area contributed by atoms with Crippen LogP contribution >= 0.6 is 0 Å². The maximum Gasteiger partial charge on any atom is 0.415 e. The fraction of sp³-hybridized carbons (Fsp3) is 0.105. The molecule has 0 saturated heterocycles. The maximum atomic E-state index is 12.4. The summed E-state index contributed by atoms with van der Waals surface area (Å²) in [6.07, 6.45) is 1.76. The summed E-state index contributed by atoms with van der Waals surface area (Å²) in [5.41, 5.74) is 1.51. The van der Waals surface area contributed by atoms with Crippen molar-refractivity contribution in [3.05, 3.63) is 75.6 Å². The van der Waals surface area contributed by atoms with Crippen molar-refractivity contribution in [2.75, 3.05) is 0 Å². The van der Waals surface area contributed by atoms with Gasteiger partial charge in [0.25, 0.3) is 11.2 Å². The Hall–Kier alpha value is -3.21. The Morgan fingerprint density at radius 3 is 2.62 bits per heavy atom. The van der Waals surface area contributed by atoms with Gasteiger partial charge in [0.05, 0.1) is 12.7 Å². The fourth-order valence-electron chi connectivity index (χ4n) is 3.16. The van der Waals surface area contributed by atoms with Gasteiger partial charge in [-0.2, -0.15) is 4.57 Å². The SMILES string of the molecule is CCn1c(=O)[nH]c(=O)c2c(-c3ccc4ccccc4c3)cc[nH+]c21. The minimum absolute atomic E-state index is 0.375. The molecule has 0 fully saturated rings. The van der Waals surface area contributed by atoms with Crippen LogP contribution in [0.2, 0.25) is 0 Å². The first-order valence-corrected chi connectivity index (χ1v) is 7.85. The number of benzene rings is 2. The van der Waals surface area contributed by atoms with E-state index in [1.165, 1.54) is 4.57 Å². The minimum atomic E-state index is -0.401. The number of aromatic nitrogens is 3. The zero-order valence-electron chi connectivity index (χ0n) is 13.2. The predicted octanol–water partition coefficient (Wildman–Crippen LogP) is 2.34. The lowest BCUT2D eigenvalue weighted by molar-refractivity contribution is -0.349. The molecule has 0 atom stereocenters. The van der Waals surface area contributed by atoms with Gasteiger partial charge in [0, 0.05) is 5.56 Å². The van der Waals surface area contributed by atoms with Gasteiger partial charge in [-0.15, -0.1) is 0 Å². The molecule has 118 valence electrons. The van der Waals surface area contributed by atoms with E-state index >= 15 is 0 Å². The van der Waals surface area contributed by atoms with E-state index in [0.717, 1.165) is 21.9 Å². The van der Waals surface area contributed by atoms with Crippen LogP contribution in [0, 0.1) is 0 Å².